The summed E-state index contributed by atoms with van der Waals surface area (Å²) in [6.07, 6.45) is 7.34. The highest BCUT2D eigenvalue weighted by molar-refractivity contribution is 8.00. The highest BCUT2D eigenvalue weighted by Gasteiger charge is 2.23. The summed E-state index contributed by atoms with van der Waals surface area (Å²) in [6.45, 7) is 4.06. The number of carbonyl (C=O) groups is 1. The van der Waals surface area contributed by atoms with Gasteiger partial charge in [-0.2, -0.15) is 0 Å². The van der Waals surface area contributed by atoms with Crippen LogP contribution in [0.5, 0.6) is 0 Å². The molecule has 4 nitrogen and oxygen atoms in total. The van der Waals surface area contributed by atoms with Crippen molar-refractivity contribution in [1.82, 2.24) is 9.97 Å². The Bertz CT molecular complexity index is 965. The third kappa shape index (κ3) is 3.87. The number of hydrogen-bond acceptors (Lipinski definition) is 5. The Morgan fingerprint density at radius 2 is 2.00 bits per heavy atom. The number of fused-ring (bicyclic) bond motifs is 3. The zero-order valence-corrected chi connectivity index (χ0v) is 17.3. The van der Waals surface area contributed by atoms with Gasteiger partial charge < -0.3 is 5.32 Å². The van der Waals surface area contributed by atoms with Crippen molar-refractivity contribution < 1.29 is 4.79 Å². The molecule has 4 rings (SSSR count). The summed E-state index contributed by atoms with van der Waals surface area (Å²) in [5.74, 6) is 0.0000999. The predicted molar refractivity (Wildman–Crippen MR) is 114 cm³/mol. The zero-order chi connectivity index (χ0) is 18.8. The van der Waals surface area contributed by atoms with Crippen molar-refractivity contribution in [1.29, 1.82) is 0 Å². The topological polar surface area (TPSA) is 54.9 Å². The molecule has 2 heterocycles. The summed E-state index contributed by atoms with van der Waals surface area (Å²) in [5, 5.41) is 4.90. The van der Waals surface area contributed by atoms with Crippen LogP contribution in [0.2, 0.25) is 0 Å². The second-order valence-electron chi connectivity index (χ2n) is 6.87. The van der Waals surface area contributed by atoms with Crippen LogP contribution in [0.15, 0.2) is 35.6 Å². The number of carbonyl (C=O) groups excluding carboxylic acids is 1. The molecule has 27 heavy (non-hydrogen) atoms. The number of aryl methyl sites for hydroxylation is 3. The van der Waals surface area contributed by atoms with E-state index in [1.807, 2.05) is 19.1 Å². The minimum Gasteiger partial charge on any atom is -0.325 e. The van der Waals surface area contributed by atoms with Gasteiger partial charge in [0.15, 0.2) is 0 Å². The Balaban J connectivity index is 1.52. The first-order chi connectivity index (χ1) is 13.2. The van der Waals surface area contributed by atoms with Gasteiger partial charge in [0, 0.05) is 16.0 Å². The number of rotatable bonds is 5. The molecular weight excluding hydrogens is 374 g/mol. The average Bonchev–Trinajstić information content (AvgIpc) is 3.08. The molecule has 0 aliphatic heterocycles. The monoisotopic (exact) mass is 397 g/mol. The van der Waals surface area contributed by atoms with E-state index in [4.69, 9.17) is 0 Å². The normalized spacial score (nSPS) is 14.7. The number of hydrogen-bond donors (Lipinski definition) is 1. The molecule has 140 valence electrons. The van der Waals surface area contributed by atoms with Gasteiger partial charge in [-0.25, -0.2) is 9.97 Å². The Morgan fingerprint density at radius 3 is 2.78 bits per heavy atom. The predicted octanol–water partition coefficient (Wildman–Crippen LogP) is 5.25. The van der Waals surface area contributed by atoms with Crippen molar-refractivity contribution in [3.8, 4) is 0 Å². The van der Waals surface area contributed by atoms with Gasteiger partial charge in [0.2, 0.25) is 5.91 Å². The van der Waals surface area contributed by atoms with Crippen LogP contribution >= 0.6 is 23.1 Å². The molecule has 2 aromatic heterocycles. The molecule has 1 atom stereocenters. The van der Waals surface area contributed by atoms with E-state index < -0.39 is 0 Å². The fourth-order valence-electron chi connectivity index (χ4n) is 3.44. The highest BCUT2D eigenvalue weighted by atomic mass is 32.2. The van der Waals surface area contributed by atoms with E-state index in [0.717, 1.165) is 34.8 Å². The molecule has 1 aliphatic rings. The Labute approximate surface area is 167 Å². The fraction of sp³-hybridized carbons (Fsp3) is 0.381. The summed E-state index contributed by atoms with van der Waals surface area (Å²) < 4.78 is 0. The van der Waals surface area contributed by atoms with E-state index in [1.165, 1.54) is 46.0 Å². The number of benzene rings is 1. The van der Waals surface area contributed by atoms with Gasteiger partial charge in [0.05, 0.1) is 5.25 Å². The van der Waals surface area contributed by atoms with E-state index in [0.29, 0.717) is 0 Å². The van der Waals surface area contributed by atoms with E-state index >= 15 is 0 Å². The lowest BCUT2D eigenvalue weighted by molar-refractivity contribution is -0.115. The molecule has 1 aliphatic carbocycles. The number of aromatic nitrogens is 2. The number of amides is 1. The SMILES string of the molecule is CCc1ccc(NC(=O)C(C)Sc2ncnc3sc4c(c23)CCCC4)cc1. The molecule has 0 spiro atoms. The molecule has 1 N–H and O–H groups in total. The first-order valence-corrected chi connectivity index (χ1v) is 11.2. The van der Waals surface area contributed by atoms with Gasteiger partial charge in [0.25, 0.3) is 0 Å². The quantitative estimate of drug-likeness (QED) is 0.472. The zero-order valence-electron chi connectivity index (χ0n) is 15.6. The molecular formula is C21H23N3OS2. The molecule has 1 aromatic carbocycles. The van der Waals surface area contributed by atoms with Crippen LogP contribution in [0.3, 0.4) is 0 Å². The Kier molecular flexibility index (Phi) is 5.45. The maximum absolute atomic E-state index is 12.7. The van der Waals surface area contributed by atoms with Crippen LogP contribution in [-0.4, -0.2) is 21.1 Å². The number of thiophene rings is 1. The van der Waals surface area contributed by atoms with Crippen LogP contribution in [0, 0.1) is 0 Å². The lowest BCUT2D eigenvalue weighted by Crippen LogP contribution is -2.22. The molecule has 0 bridgehead atoms. The van der Waals surface area contributed by atoms with Crippen LogP contribution < -0.4 is 5.32 Å². The van der Waals surface area contributed by atoms with Crippen molar-refractivity contribution in [2.75, 3.05) is 5.32 Å². The Morgan fingerprint density at radius 1 is 1.22 bits per heavy atom. The standard InChI is InChI=1S/C21H23N3OS2/c1-3-14-8-10-15(11-9-14)24-19(25)13(2)26-20-18-16-6-4-5-7-17(16)27-21(18)23-12-22-20/h8-13H,3-7H2,1-2H3,(H,24,25). The van der Waals surface area contributed by atoms with Crippen molar-refractivity contribution in [2.24, 2.45) is 0 Å². The highest BCUT2D eigenvalue weighted by Crippen LogP contribution is 2.40. The molecule has 1 amide bonds. The Hall–Kier alpha value is -1.92. The summed E-state index contributed by atoms with van der Waals surface area (Å²) in [6, 6.07) is 8.04. The molecule has 3 aromatic rings. The minimum atomic E-state index is -0.229. The average molecular weight is 398 g/mol. The van der Waals surface area contributed by atoms with Crippen LogP contribution in [0.25, 0.3) is 10.2 Å². The van der Waals surface area contributed by atoms with E-state index in [2.05, 4.69) is 34.3 Å². The summed E-state index contributed by atoms with van der Waals surface area (Å²) in [4.78, 5) is 24.2. The summed E-state index contributed by atoms with van der Waals surface area (Å²) in [5.41, 5.74) is 3.51. The molecule has 0 saturated carbocycles. The van der Waals surface area contributed by atoms with E-state index in [9.17, 15) is 4.79 Å². The first kappa shape index (κ1) is 18.4. The van der Waals surface area contributed by atoms with Crippen LogP contribution in [0.1, 0.15) is 42.7 Å². The molecule has 0 fully saturated rings. The summed E-state index contributed by atoms with van der Waals surface area (Å²) in [7, 11) is 0. The lowest BCUT2D eigenvalue weighted by atomic mass is 9.97. The van der Waals surface area contributed by atoms with E-state index in [1.54, 1.807) is 17.7 Å². The first-order valence-electron chi connectivity index (χ1n) is 9.47. The van der Waals surface area contributed by atoms with Gasteiger partial charge in [-0.15, -0.1) is 11.3 Å². The smallest absolute Gasteiger partial charge is 0.237 e. The molecule has 6 heteroatoms. The van der Waals surface area contributed by atoms with Gasteiger partial charge in [0.1, 0.15) is 16.2 Å². The van der Waals surface area contributed by atoms with E-state index in [-0.39, 0.29) is 11.2 Å². The third-order valence-electron chi connectivity index (χ3n) is 5.00. The largest absolute Gasteiger partial charge is 0.325 e. The van der Waals surface area contributed by atoms with Crippen molar-refractivity contribution in [3.63, 3.8) is 0 Å². The minimum absolute atomic E-state index is 0.0000999. The van der Waals surface area contributed by atoms with Gasteiger partial charge in [-0.1, -0.05) is 30.8 Å². The second kappa shape index (κ2) is 7.98. The second-order valence-corrected chi connectivity index (χ2v) is 9.28. The van der Waals surface area contributed by atoms with Crippen molar-refractivity contribution in [2.45, 2.75) is 56.2 Å². The van der Waals surface area contributed by atoms with Crippen molar-refractivity contribution in [3.05, 3.63) is 46.6 Å². The molecule has 0 saturated heterocycles. The third-order valence-corrected chi connectivity index (χ3v) is 7.30. The van der Waals surface area contributed by atoms with Gasteiger partial charge in [-0.05, 0) is 62.3 Å². The maximum Gasteiger partial charge on any atom is 0.237 e. The van der Waals surface area contributed by atoms with Gasteiger partial charge >= 0.3 is 0 Å². The maximum atomic E-state index is 12.7. The van der Waals surface area contributed by atoms with Crippen molar-refractivity contribution >= 4 is 44.9 Å². The lowest BCUT2D eigenvalue weighted by Gasteiger charge is -2.14. The van der Waals surface area contributed by atoms with Crippen LogP contribution in [-0.2, 0) is 24.1 Å². The number of nitrogens with one attached hydrogen (secondary N) is 1. The fourth-order valence-corrected chi connectivity index (χ4v) is 5.68. The molecule has 0 radical (unpaired) electrons. The van der Waals surface area contributed by atoms with Crippen LogP contribution in [0.4, 0.5) is 5.69 Å². The van der Waals surface area contributed by atoms with Gasteiger partial charge in [-0.3, -0.25) is 4.79 Å². The number of thioether (sulfide) groups is 1. The summed E-state index contributed by atoms with van der Waals surface area (Å²) >= 11 is 3.32. The molecule has 1 unspecified atom stereocenters. The number of nitrogens with zero attached hydrogens (tertiary/aromatic N) is 2. The number of anilines is 1.